The van der Waals surface area contributed by atoms with Crippen LogP contribution in [0.2, 0.25) is 0 Å². The smallest absolute Gasteiger partial charge is 0.267 e. The summed E-state index contributed by atoms with van der Waals surface area (Å²) in [5.41, 5.74) is 5.38. The highest BCUT2D eigenvalue weighted by Crippen LogP contribution is 2.21. The number of amides is 1. The zero-order chi connectivity index (χ0) is 25.5. The monoisotopic (exact) mass is 492 g/mol. The van der Waals surface area contributed by atoms with Gasteiger partial charge in [0.25, 0.3) is 5.91 Å². The Morgan fingerprint density at radius 2 is 1.94 bits per heavy atom. The molecule has 182 valence electrons. The van der Waals surface area contributed by atoms with E-state index < -0.39 is 41.0 Å². The largest absolute Gasteiger partial charge is 0.462 e. The molecule has 1 amide bonds. The number of aliphatic hydroxyl groups is 2. The van der Waals surface area contributed by atoms with Crippen molar-refractivity contribution in [2.45, 2.75) is 13.0 Å². The molecule has 1 aromatic heterocycles. The first-order chi connectivity index (χ1) is 15.9. The van der Waals surface area contributed by atoms with Gasteiger partial charge in [-0.3, -0.25) is 9.10 Å². The van der Waals surface area contributed by atoms with Crippen LogP contribution in [-0.4, -0.2) is 60.0 Å². The second-order valence-electron chi connectivity index (χ2n) is 7.09. The van der Waals surface area contributed by atoms with Crippen molar-refractivity contribution >= 4 is 27.3 Å². The van der Waals surface area contributed by atoms with Gasteiger partial charge < -0.3 is 20.7 Å². The molecule has 2 rings (SSSR count). The van der Waals surface area contributed by atoms with E-state index in [9.17, 15) is 22.7 Å². The Morgan fingerprint density at radius 3 is 2.47 bits per heavy atom. The number of nitrogens with two attached hydrogens (primary N) is 1. The maximum Gasteiger partial charge on any atom is 0.267 e. The molecule has 0 bridgehead atoms. The van der Waals surface area contributed by atoms with Gasteiger partial charge in [-0.15, -0.1) is 0 Å². The topological polar surface area (TPSA) is 156 Å². The summed E-state index contributed by atoms with van der Waals surface area (Å²) in [6.45, 7) is 4.13. The van der Waals surface area contributed by atoms with E-state index in [4.69, 9.17) is 15.6 Å². The number of hydrogen-bond acceptors (Lipinski definition) is 8. The fourth-order valence-corrected chi connectivity index (χ4v) is 3.51. The predicted octanol–water partition coefficient (Wildman–Crippen LogP) is 1.39. The van der Waals surface area contributed by atoms with Gasteiger partial charge in [-0.05, 0) is 43.3 Å². The second kappa shape index (κ2) is 11.5. The first-order valence-electron chi connectivity index (χ1n) is 9.85. The van der Waals surface area contributed by atoms with Crippen LogP contribution >= 0.6 is 0 Å². The molecular weight excluding hydrogens is 467 g/mol. The number of ether oxygens (including phenoxy) is 1. The number of primary amides is 1. The number of aromatic nitrogens is 2. The molecule has 0 fully saturated rings. The lowest BCUT2D eigenvalue weighted by Gasteiger charge is -2.24. The molecule has 0 saturated carbocycles. The van der Waals surface area contributed by atoms with Crippen LogP contribution in [0, 0.1) is 5.82 Å². The highest BCUT2D eigenvalue weighted by atomic mass is 32.2. The number of nitrogens with zero attached hydrogens (tertiary/aromatic N) is 3. The Kier molecular flexibility index (Phi) is 9.01. The lowest BCUT2D eigenvalue weighted by Crippen LogP contribution is -2.39. The van der Waals surface area contributed by atoms with E-state index in [0.717, 1.165) is 16.6 Å². The first kappa shape index (κ1) is 26.6. The van der Waals surface area contributed by atoms with Crippen LogP contribution in [0.25, 0.3) is 5.57 Å². The third-order valence-corrected chi connectivity index (χ3v) is 5.41. The van der Waals surface area contributed by atoms with Crippen LogP contribution in [0.1, 0.15) is 23.2 Å². The van der Waals surface area contributed by atoms with Gasteiger partial charge in [0.05, 0.1) is 25.5 Å². The van der Waals surface area contributed by atoms with Gasteiger partial charge in [0.1, 0.15) is 28.8 Å². The summed E-state index contributed by atoms with van der Waals surface area (Å²) in [6, 6.07) is 6.48. The maximum atomic E-state index is 13.0. The van der Waals surface area contributed by atoms with Gasteiger partial charge >= 0.3 is 0 Å². The van der Waals surface area contributed by atoms with E-state index in [0.29, 0.717) is 17.1 Å². The quantitative estimate of drug-likeness (QED) is 0.314. The number of sulfonamides is 1. The molecule has 0 aliphatic heterocycles. The highest BCUT2D eigenvalue weighted by molar-refractivity contribution is 7.92. The predicted molar refractivity (Wildman–Crippen MR) is 125 cm³/mol. The number of carbonyl (C=O) groups excluding carboxylic acids is 1. The Labute approximate surface area is 196 Å². The lowest BCUT2D eigenvalue weighted by molar-refractivity contribution is 0.0995. The zero-order valence-corrected chi connectivity index (χ0v) is 19.4. The highest BCUT2D eigenvalue weighted by Gasteiger charge is 2.24. The third kappa shape index (κ3) is 7.47. The SMILES string of the molecule is C=C/C(=C\C=C(/C)Oc1ccc(F)cc1)c1nc(C(N)=O)cc(N(CC(O)CO)S(C)(=O)=O)n1. The average Bonchev–Trinajstić information content (AvgIpc) is 2.78. The van der Waals surface area contributed by atoms with E-state index in [-0.39, 0.29) is 17.3 Å². The number of allylic oxidation sites excluding steroid dienone is 5. The molecule has 0 aliphatic rings. The number of carbonyl (C=O) groups is 1. The van der Waals surface area contributed by atoms with Gasteiger partial charge in [-0.25, -0.2) is 22.8 Å². The van der Waals surface area contributed by atoms with Crippen molar-refractivity contribution in [3.8, 4) is 5.75 Å². The third-order valence-electron chi connectivity index (χ3n) is 4.28. The molecule has 4 N–H and O–H groups in total. The zero-order valence-electron chi connectivity index (χ0n) is 18.6. The molecule has 1 unspecified atom stereocenters. The minimum Gasteiger partial charge on any atom is -0.462 e. The van der Waals surface area contributed by atoms with Crippen LogP contribution in [0.3, 0.4) is 0 Å². The molecule has 0 spiro atoms. The van der Waals surface area contributed by atoms with Gasteiger partial charge in [-0.2, -0.15) is 0 Å². The summed E-state index contributed by atoms with van der Waals surface area (Å²) < 4.78 is 44.0. The van der Waals surface area contributed by atoms with Crippen LogP contribution in [-0.2, 0) is 10.0 Å². The Balaban J connectivity index is 2.50. The van der Waals surface area contributed by atoms with E-state index in [1.54, 1.807) is 13.0 Å². The summed E-state index contributed by atoms with van der Waals surface area (Å²) in [5.74, 6) is -0.815. The van der Waals surface area contributed by atoms with Gasteiger partial charge in [0, 0.05) is 11.6 Å². The summed E-state index contributed by atoms with van der Waals surface area (Å²) in [4.78, 5) is 20.1. The van der Waals surface area contributed by atoms with Crippen LogP contribution in [0.5, 0.6) is 5.75 Å². The van der Waals surface area contributed by atoms with Crippen molar-refractivity contribution in [1.82, 2.24) is 9.97 Å². The molecule has 1 atom stereocenters. The molecule has 10 nitrogen and oxygen atoms in total. The standard InChI is InChI=1S/C22H25FN4O6S/c1-4-15(6-5-14(2)33-18-9-7-16(23)8-10-18)22-25-19(21(24)30)11-20(26-22)27(34(3,31)32)12-17(29)13-28/h4-11,17,28-29H,1,12-13H2,2-3H3,(H2,24,30)/b14-5+,15-6+. The van der Waals surface area contributed by atoms with Gasteiger partial charge in [0.15, 0.2) is 5.82 Å². The Hall–Kier alpha value is -3.61. The van der Waals surface area contributed by atoms with Crippen molar-refractivity contribution in [3.05, 3.63) is 78.2 Å². The summed E-state index contributed by atoms with van der Waals surface area (Å²) in [6.07, 6.45) is 3.92. The van der Waals surface area contributed by atoms with Crippen LogP contribution < -0.4 is 14.8 Å². The van der Waals surface area contributed by atoms with Crippen molar-refractivity contribution in [1.29, 1.82) is 0 Å². The van der Waals surface area contributed by atoms with E-state index in [2.05, 4.69) is 16.5 Å². The number of rotatable bonds is 11. The van der Waals surface area contributed by atoms with Gasteiger partial charge in [-0.1, -0.05) is 12.7 Å². The fourth-order valence-electron chi connectivity index (χ4n) is 2.63. The summed E-state index contributed by atoms with van der Waals surface area (Å²) >= 11 is 0. The molecule has 1 aromatic carbocycles. The van der Waals surface area contributed by atoms with Crippen molar-refractivity contribution in [2.75, 3.05) is 23.7 Å². The first-order valence-corrected chi connectivity index (χ1v) is 11.7. The van der Waals surface area contributed by atoms with E-state index >= 15 is 0 Å². The molecule has 1 heterocycles. The number of anilines is 1. The number of halogens is 1. The maximum absolute atomic E-state index is 13.0. The van der Waals surface area contributed by atoms with Crippen molar-refractivity contribution in [2.24, 2.45) is 5.73 Å². The number of hydrogen-bond donors (Lipinski definition) is 3. The normalized spacial score (nSPS) is 13.3. The molecule has 2 aromatic rings. The summed E-state index contributed by atoms with van der Waals surface area (Å²) in [5, 5.41) is 18.9. The van der Waals surface area contributed by atoms with E-state index in [1.807, 2.05) is 0 Å². The number of benzene rings is 1. The Bertz CT molecular complexity index is 1210. The molecule has 12 heteroatoms. The average molecular weight is 493 g/mol. The minimum absolute atomic E-state index is 0.0701. The number of aliphatic hydroxyl groups excluding tert-OH is 2. The molecule has 0 saturated heterocycles. The summed E-state index contributed by atoms with van der Waals surface area (Å²) in [7, 11) is -3.96. The van der Waals surface area contributed by atoms with Crippen LogP contribution in [0.4, 0.5) is 10.2 Å². The van der Waals surface area contributed by atoms with Gasteiger partial charge in [0.2, 0.25) is 10.0 Å². The van der Waals surface area contributed by atoms with Crippen LogP contribution in [0.15, 0.2) is 60.9 Å². The molecule has 0 aliphatic carbocycles. The lowest BCUT2D eigenvalue weighted by atomic mass is 10.2. The van der Waals surface area contributed by atoms with Crippen molar-refractivity contribution in [3.63, 3.8) is 0 Å². The minimum atomic E-state index is -3.96. The molecule has 0 radical (unpaired) electrons. The second-order valence-corrected chi connectivity index (χ2v) is 9.00. The fraction of sp³-hybridized carbons (Fsp3) is 0.227. The molecule has 34 heavy (non-hydrogen) atoms. The van der Waals surface area contributed by atoms with E-state index in [1.165, 1.54) is 36.4 Å². The molecular formula is C22H25FN4O6S. The van der Waals surface area contributed by atoms with Crippen molar-refractivity contribution < 1.29 is 32.6 Å². The Morgan fingerprint density at radius 1 is 1.29 bits per heavy atom.